The predicted octanol–water partition coefficient (Wildman–Crippen LogP) is 2.72. The molecule has 3 nitrogen and oxygen atoms in total. The van der Waals surface area contributed by atoms with Crippen LogP contribution in [-0.4, -0.2) is 16.4 Å². The molecule has 0 heterocycles. The van der Waals surface area contributed by atoms with Gasteiger partial charge in [0.15, 0.2) is 4.11 Å². The van der Waals surface area contributed by atoms with E-state index in [2.05, 4.69) is 0 Å². The van der Waals surface area contributed by atoms with Crippen molar-refractivity contribution < 1.29 is 14.3 Å². The number of carbonyl (C=O) groups excluding carboxylic acids is 1. The van der Waals surface area contributed by atoms with Gasteiger partial charge in [-0.15, -0.1) is 0 Å². The highest BCUT2D eigenvalue weighted by molar-refractivity contribution is 14.1. The Morgan fingerprint density at radius 3 is 2.36 bits per heavy atom. The van der Waals surface area contributed by atoms with E-state index in [-0.39, 0.29) is 10.2 Å². The summed E-state index contributed by atoms with van der Waals surface area (Å²) >= 11 is 2.04. The van der Waals surface area contributed by atoms with E-state index in [1.54, 1.807) is 13.8 Å². The first-order valence-corrected chi connectivity index (χ1v) is 4.82. The average Bonchev–Trinajstić information content (AvgIpc) is 1.85. The summed E-state index contributed by atoms with van der Waals surface area (Å²) in [5.41, 5.74) is 0. The van der Waals surface area contributed by atoms with Gasteiger partial charge in [-0.3, -0.25) is 0 Å². The lowest BCUT2D eigenvalue weighted by atomic mass is 10.5. The van der Waals surface area contributed by atoms with Crippen LogP contribution in [0.25, 0.3) is 0 Å². The van der Waals surface area contributed by atoms with Crippen molar-refractivity contribution in [1.82, 2.24) is 0 Å². The monoisotopic (exact) mass is 272 g/mol. The quantitative estimate of drug-likeness (QED) is 0.450. The van der Waals surface area contributed by atoms with E-state index in [0.717, 1.165) is 6.42 Å². The first-order valence-electron chi connectivity index (χ1n) is 3.57. The van der Waals surface area contributed by atoms with Crippen molar-refractivity contribution in [3.63, 3.8) is 0 Å². The van der Waals surface area contributed by atoms with Crippen molar-refractivity contribution >= 4 is 28.7 Å². The molecule has 1 atom stereocenters. The van der Waals surface area contributed by atoms with E-state index in [1.807, 2.05) is 29.5 Å². The highest BCUT2D eigenvalue weighted by atomic mass is 127. The second-order valence-electron chi connectivity index (χ2n) is 2.35. The maximum Gasteiger partial charge on any atom is 0.509 e. The first-order chi connectivity index (χ1) is 5.06. The lowest BCUT2D eigenvalue weighted by molar-refractivity contribution is 0.0307. The Morgan fingerprint density at radius 1 is 1.45 bits per heavy atom. The maximum atomic E-state index is 10.8. The molecular weight excluding hydrogens is 259 g/mol. The van der Waals surface area contributed by atoms with Gasteiger partial charge in [0.2, 0.25) is 0 Å². The van der Waals surface area contributed by atoms with Crippen LogP contribution in [0.4, 0.5) is 4.79 Å². The Bertz CT molecular complexity index is 125. The van der Waals surface area contributed by atoms with Crippen LogP contribution in [0.3, 0.4) is 0 Å². The predicted molar refractivity (Wildman–Crippen MR) is 50.8 cm³/mol. The SMILES string of the molecule is CCC(I)OC(=O)OC(C)C. The van der Waals surface area contributed by atoms with Crippen molar-refractivity contribution in [3.05, 3.63) is 0 Å². The zero-order valence-corrected chi connectivity index (χ0v) is 9.12. The van der Waals surface area contributed by atoms with Gasteiger partial charge in [0, 0.05) is 0 Å². The smallest absolute Gasteiger partial charge is 0.432 e. The van der Waals surface area contributed by atoms with Gasteiger partial charge in [0.05, 0.1) is 6.10 Å². The molecule has 0 fully saturated rings. The van der Waals surface area contributed by atoms with E-state index in [9.17, 15) is 4.79 Å². The van der Waals surface area contributed by atoms with Crippen LogP contribution < -0.4 is 0 Å². The molecule has 66 valence electrons. The number of rotatable bonds is 3. The summed E-state index contributed by atoms with van der Waals surface area (Å²) in [6, 6.07) is 0. The van der Waals surface area contributed by atoms with Gasteiger partial charge in [-0.1, -0.05) is 6.92 Å². The Morgan fingerprint density at radius 2 is 2.00 bits per heavy atom. The molecule has 0 saturated heterocycles. The zero-order valence-electron chi connectivity index (χ0n) is 6.96. The van der Waals surface area contributed by atoms with Gasteiger partial charge in [-0.25, -0.2) is 4.79 Å². The molecule has 0 rings (SSSR count). The highest BCUT2D eigenvalue weighted by Gasteiger charge is 2.10. The second kappa shape index (κ2) is 5.62. The Hall–Kier alpha value is 0. The molecule has 0 aliphatic carbocycles. The minimum Gasteiger partial charge on any atom is -0.432 e. The Kier molecular flexibility index (Phi) is 5.62. The highest BCUT2D eigenvalue weighted by Crippen LogP contribution is 2.08. The molecule has 11 heavy (non-hydrogen) atoms. The van der Waals surface area contributed by atoms with Crippen molar-refractivity contribution in [1.29, 1.82) is 0 Å². The molecule has 0 amide bonds. The van der Waals surface area contributed by atoms with Gasteiger partial charge >= 0.3 is 6.16 Å². The molecule has 0 spiro atoms. The Labute approximate surface area is 80.6 Å². The lowest BCUT2D eigenvalue weighted by Gasteiger charge is -2.11. The van der Waals surface area contributed by atoms with Crippen molar-refractivity contribution in [3.8, 4) is 0 Å². The minimum atomic E-state index is -0.582. The number of alkyl halides is 1. The summed E-state index contributed by atoms with van der Waals surface area (Å²) in [5.74, 6) is 0. The Balaban J connectivity index is 3.52. The van der Waals surface area contributed by atoms with E-state index in [4.69, 9.17) is 9.47 Å². The van der Waals surface area contributed by atoms with Crippen molar-refractivity contribution in [2.45, 2.75) is 37.4 Å². The van der Waals surface area contributed by atoms with Crippen LogP contribution in [0, 0.1) is 0 Å². The summed E-state index contributed by atoms with van der Waals surface area (Å²) in [6.07, 6.45) is 0.109. The van der Waals surface area contributed by atoms with E-state index >= 15 is 0 Å². The molecule has 0 saturated carbocycles. The number of hydrogen-bond donors (Lipinski definition) is 0. The molecule has 0 radical (unpaired) electrons. The van der Waals surface area contributed by atoms with Crippen LogP contribution in [0.5, 0.6) is 0 Å². The third-order valence-electron chi connectivity index (χ3n) is 0.877. The number of hydrogen-bond acceptors (Lipinski definition) is 3. The number of halogens is 1. The normalized spacial score (nSPS) is 12.8. The van der Waals surface area contributed by atoms with Gasteiger partial charge in [0.1, 0.15) is 0 Å². The molecule has 0 aliphatic heterocycles. The molecule has 0 aromatic carbocycles. The van der Waals surface area contributed by atoms with Crippen molar-refractivity contribution in [2.24, 2.45) is 0 Å². The molecule has 0 N–H and O–H groups in total. The summed E-state index contributed by atoms with van der Waals surface area (Å²) in [6.45, 7) is 5.52. The van der Waals surface area contributed by atoms with E-state index in [1.165, 1.54) is 0 Å². The fourth-order valence-corrected chi connectivity index (χ4v) is 0.616. The van der Waals surface area contributed by atoms with E-state index in [0.29, 0.717) is 0 Å². The molecular formula is C7H13IO3. The standard InChI is InChI=1S/C7H13IO3/c1-4-6(8)11-7(9)10-5(2)3/h5-6H,4H2,1-3H3. The summed E-state index contributed by atoms with van der Waals surface area (Å²) in [5, 5.41) is 0. The molecule has 0 aliphatic rings. The van der Waals surface area contributed by atoms with Crippen LogP contribution >= 0.6 is 22.6 Å². The van der Waals surface area contributed by atoms with Gasteiger partial charge in [-0.05, 0) is 42.9 Å². The molecule has 0 aromatic rings. The van der Waals surface area contributed by atoms with Crippen LogP contribution in [0.1, 0.15) is 27.2 Å². The third kappa shape index (κ3) is 6.40. The van der Waals surface area contributed by atoms with Crippen LogP contribution in [-0.2, 0) is 9.47 Å². The summed E-state index contributed by atoms with van der Waals surface area (Å²) < 4.78 is 9.51. The summed E-state index contributed by atoms with van der Waals surface area (Å²) in [4.78, 5) is 10.8. The lowest BCUT2D eigenvalue weighted by Crippen LogP contribution is -2.16. The fraction of sp³-hybridized carbons (Fsp3) is 0.857. The maximum absolute atomic E-state index is 10.8. The largest absolute Gasteiger partial charge is 0.509 e. The molecule has 0 aromatic heterocycles. The van der Waals surface area contributed by atoms with Crippen molar-refractivity contribution in [2.75, 3.05) is 0 Å². The zero-order chi connectivity index (χ0) is 8.85. The first kappa shape index (κ1) is 11.0. The van der Waals surface area contributed by atoms with Crippen LogP contribution in [0.15, 0.2) is 0 Å². The van der Waals surface area contributed by atoms with E-state index < -0.39 is 6.16 Å². The minimum absolute atomic E-state index is 0.0844. The second-order valence-corrected chi connectivity index (χ2v) is 3.74. The third-order valence-corrected chi connectivity index (χ3v) is 2.01. The summed E-state index contributed by atoms with van der Waals surface area (Å²) in [7, 11) is 0. The number of carbonyl (C=O) groups is 1. The van der Waals surface area contributed by atoms with Gasteiger partial charge in [0.25, 0.3) is 0 Å². The molecule has 1 unspecified atom stereocenters. The fourth-order valence-electron chi connectivity index (χ4n) is 0.408. The van der Waals surface area contributed by atoms with Gasteiger partial charge in [-0.2, -0.15) is 0 Å². The molecule has 4 heteroatoms. The topological polar surface area (TPSA) is 35.5 Å². The average molecular weight is 272 g/mol. The number of ether oxygens (including phenoxy) is 2. The van der Waals surface area contributed by atoms with Gasteiger partial charge < -0.3 is 9.47 Å². The van der Waals surface area contributed by atoms with Crippen LogP contribution in [0.2, 0.25) is 0 Å². The molecule has 0 bridgehead atoms.